The summed E-state index contributed by atoms with van der Waals surface area (Å²) >= 11 is 0. The minimum atomic E-state index is -0.558. The number of hydrogen-bond donors (Lipinski definition) is 2. The number of carbonyl (C=O) groups is 1. The van der Waals surface area contributed by atoms with E-state index in [1.807, 2.05) is 20.8 Å². The highest BCUT2D eigenvalue weighted by Crippen LogP contribution is 2.16. The Bertz CT molecular complexity index is 404. The molecule has 0 saturated carbocycles. The fraction of sp³-hybridized carbons (Fsp3) is 0.462. The molecule has 1 amide bonds. The summed E-state index contributed by atoms with van der Waals surface area (Å²) in [5.74, 6) is -0.292. The van der Waals surface area contributed by atoms with Crippen LogP contribution in [0.5, 0.6) is 0 Å². The standard InChI is InChI=1S/C13H19FN2O/c1-8(2)6-11(15)13(17)16-12-7-10(14)5-4-9(12)3/h4-5,7-8,11H,6,15H2,1-3H3,(H,16,17). The Morgan fingerprint density at radius 2 is 2.12 bits per heavy atom. The smallest absolute Gasteiger partial charge is 0.241 e. The molecule has 3 N–H and O–H groups in total. The van der Waals surface area contributed by atoms with Crippen LogP contribution in [0.4, 0.5) is 10.1 Å². The molecule has 1 atom stereocenters. The summed E-state index contributed by atoms with van der Waals surface area (Å²) in [6.45, 7) is 5.81. The van der Waals surface area contributed by atoms with E-state index in [1.54, 1.807) is 6.07 Å². The van der Waals surface area contributed by atoms with Crippen LogP contribution < -0.4 is 11.1 Å². The highest BCUT2D eigenvalue weighted by molar-refractivity contribution is 5.95. The van der Waals surface area contributed by atoms with Crippen molar-refractivity contribution in [2.45, 2.75) is 33.2 Å². The fourth-order valence-corrected chi connectivity index (χ4v) is 1.57. The quantitative estimate of drug-likeness (QED) is 0.846. The number of hydrogen-bond acceptors (Lipinski definition) is 2. The SMILES string of the molecule is Cc1ccc(F)cc1NC(=O)C(N)CC(C)C. The molecule has 0 aliphatic carbocycles. The molecule has 0 spiro atoms. The molecule has 1 aromatic carbocycles. The van der Waals surface area contributed by atoms with Crippen LogP contribution in [-0.4, -0.2) is 11.9 Å². The monoisotopic (exact) mass is 238 g/mol. The van der Waals surface area contributed by atoms with Gasteiger partial charge in [0.2, 0.25) is 5.91 Å². The maximum Gasteiger partial charge on any atom is 0.241 e. The Morgan fingerprint density at radius 3 is 2.71 bits per heavy atom. The van der Waals surface area contributed by atoms with Crippen LogP contribution in [0.2, 0.25) is 0 Å². The van der Waals surface area contributed by atoms with Crippen molar-refractivity contribution in [2.75, 3.05) is 5.32 Å². The number of rotatable bonds is 4. The van der Waals surface area contributed by atoms with Gasteiger partial charge in [-0.2, -0.15) is 0 Å². The lowest BCUT2D eigenvalue weighted by Gasteiger charge is -2.15. The first-order chi connectivity index (χ1) is 7.90. The van der Waals surface area contributed by atoms with Gasteiger partial charge in [0.25, 0.3) is 0 Å². The van der Waals surface area contributed by atoms with E-state index in [2.05, 4.69) is 5.32 Å². The van der Waals surface area contributed by atoms with E-state index in [1.165, 1.54) is 12.1 Å². The summed E-state index contributed by atoms with van der Waals surface area (Å²) in [6, 6.07) is 3.73. The number of benzene rings is 1. The van der Waals surface area contributed by atoms with Crippen molar-refractivity contribution >= 4 is 11.6 Å². The molecule has 0 aliphatic heterocycles. The molecule has 0 radical (unpaired) electrons. The van der Waals surface area contributed by atoms with Gasteiger partial charge in [-0.05, 0) is 37.0 Å². The van der Waals surface area contributed by atoms with Gasteiger partial charge in [0.05, 0.1) is 6.04 Å². The molecule has 17 heavy (non-hydrogen) atoms. The number of carbonyl (C=O) groups excluding carboxylic acids is 1. The van der Waals surface area contributed by atoms with Crippen molar-refractivity contribution in [3.8, 4) is 0 Å². The van der Waals surface area contributed by atoms with Crippen LogP contribution >= 0.6 is 0 Å². The third kappa shape index (κ3) is 4.15. The predicted molar refractivity (Wildman–Crippen MR) is 67.2 cm³/mol. The molecule has 1 aromatic rings. The molecular weight excluding hydrogens is 219 g/mol. The van der Waals surface area contributed by atoms with Gasteiger partial charge < -0.3 is 11.1 Å². The van der Waals surface area contributed by atoms with E-state index in [0.29, 0.717) is 18.0 Å². The molecule has 0 aliphatic rings. The Kier molecular flexibility index (Phi) is 4.63. The van der Waals surface area contributed by atoms with Crippen molar-refractivity contribution in [3.63, 3.8) is 0 Å². The number of nitrogens with two attached hydrogens (primary N) is 1. The second-order valence-electron chi connectivity index (χ2n) is 4.68. The molecule has 1 rings (SSSR count). The molecule has 0 heterocycles. The average molecular weight is 238 g/mol. The third-order valence-electron chi connectivity index (χ3n) is 2.52. The molecule has 0 bridgehead atoms. The zero-order valence-electron chi connectivity index (χ0n) is 10.5. The van der Waals surface area contributed by atoms with Crippen molar-refractivity contribution in [1.29, 1.82) is 0 Å². The maximum absolute atomic E-state index is 13.0. The van der Waals surface area contributed by atoms with Gasteiger partial charge in [0.15, 0.2) is 0 Å². The van der Waals surface area contributed by atoms with Gasteiger partial charge in [-0.25, -0.2) is 4.39 Å². The number of anilines is 1. The van der Waals surface area contributed by atoms with Crippen LogP contribution in [0.1, 0.15) is 25.8 Å². The van der Waals surface area contributed by atoms with Gasteiger partial charge in [-0.1, -0.05) is 19.9 Å². The molecule has 3 nitrogen and oxygen atoms in total. The van der Waals surface area contributed by atoms with E-state index in [0.717, 1.165) is 5.56 Å². The third-order valence-corrected chi connectivity index (χ3v) is 2.52. The zero-order valence-corrected chi connectivity index (χ0v) is 10.5. The summed E-state index contributed by atoms with van der Waals surface area (Å²) in [4.78, 5) is 11.8. The number of aryl methyl sites for hydroxylation is 1. The normalized spacial score (nSPS) is 12.6. The lowest BCUT2D eigenvalue weighted by Crippen LogP contribution is -2.36. The van der Waals surface area contributed by atoms with Crippen LogP contribution in [0.25, 0.3) is 0 Å². The molecule has 94 valence electrons. The maximum atomic E-state index is 13.0. The Labute approximate surface area is 101 Å². The minimum absolute atomic E-state index is 0.271. The minimum Gasteiger partial charge on any atom is -0.324 e. The predicted octanol–water partition coefficient (Wildman–Crippen LogP) is 2.45. The molecular formula is C13H19FN2O. The van der Waals surface area contributed by atoms with E-state index in [9.17, 15) is 9.18 Å². The number of halogens is 1. The summed E-state index contributed by atoms with van der Waals surface area (Å²) in [6.07, 6.45) is 0.611. The highest BCUT2D eigenvalue weighted by Gasteiger charge is 2.15. The molecule has 0 fully saturated rings. The van der Waals surface area contributed by atoms with Gasteiger partial charge in [-0.15, -0.1) is 0 Å². The second kappa shape index (κ2) is 5.77. The van der Waals surface area contributed by atoms with Gasteiger partial charge in [-0.3, -0.25) is 4.79 Å². The van der Waals surface area contributed by atoms with Gasteiger partial charge >= 0.3 is 0 Å². The Morgan fingerprint density at radius 1 is 1.47 bits per heavy atom. The second-order valence-corrected chi connectivity index (χ2v) is 4.68. The van der Waals surface area contributed by atoms with Crippen LogP contribution in [0, 0.1) is 18.7 Å². The first kappa shape index (κ1) is 13.6. The molecule has 0 saturated heterocycles. The van der Waals surface area contributed by atoms with E-state index in [4.69, 9.17) is 5.73 Å². The molecule has 1 unspecified atom stereocenters. The number of nitrogens with one attached hydrogen (secondary N) is 1. The first-order valence-corrected chi connectivity index (χ1v) is 5.72. The first-order valence-electron chi connectivity index (χ1n) is 5.72. The zero-order chi connectivity index (χ0) is 13.0. The molecule has 4 heteroatoms. The van der Waals surface area contributed by atoms with E-state index in [-0.39, 0.29) is 11.7 Å². The lowest BCUT2D eigenvalue weighted by atomic mass is 10.0. The summed E-state index contributed by atoms with van der Waals surface area (Å²) < 4.78 is 13.0. The summed E-state index contributed by atoms with van der Waals surface area (Å²) in [7, 11) is 0. The summed E-state index contributed by atoms with van der Waals surface area (Å²) in [5, 5.41) is 2.65. The lowest BCUT2D eigenvalue weighted by molar-refractivity contribution is -0.117. The van der Waals surface area contributed by atoms with E-state index >= 15 is 0 Å². The van der Waals surface area contributed by atoms with Crippen molar-refractivity contribution in [3.05, 3.63) is 29.6 Å². The van der Waals surface area contributed by atoms with Crippen molar-refractivity contribution < 1.29 is 9.18 Å². The number of amides is 1. The Balaban J connectivity index is 2.70. The van der Waals surface area contributed by atoms with E-state index < -0.39 is 6.04 Å². The molecule has 0 aromatic heterocycles. The topological polar surface area (TPSA) is 55.1 Å². The van der Waals surface area contributed by atoms with Crippen LogP contribution in [-0.2, 0) is 4.79 Å². The summed E-state index contributed by atoms with van der Waals surface area (Å²) in [5.41, 5.74) is 7.05. The van der Waals surface area contributed by atoms with Crippen LogP contribution in [0.15, 0.2) is 18.2 Å². The fourth-order valence-electron chi connectivity index (χ4n) is 1.57. The van der Waals surface area contributed by atoms with Crippen LogP contribution in [0.3, 0.4) is 0 Å². The largest absolute Gasteiger partial charge is 0.324 e. The van der Waals surface area contributed by atoms with Gasteiger partial charge in [0, 0.05) is 5.69 Å². The highest BCUT2D eigenvalue weighted by atomic mass is 19.1. The Hall–Kier alpha value is -1.42. The average Bonchev–Trinajstić information content (AvgIpc) is 2.22. The van der Waals surface area contributed by atoms with Crippen molar-refractivity contribution in [2.24, 2.45) is 11.7 Å². The van der Waals surface area contributed by atoms with Crippen molar-refractivity contribution in [1.82, 2.24) is 0 Å². The van der Waals surface area contributed by atoms with Gasteiger partial charge in [0.1, 0.15) is 5.82 Å².